The summed E-state index contributed by atoms with van der Waals surface area (Å²) in [6.45, 7) is 4.87. The molecule has 4 N–H and O–H groups in total. The maximum absolute atomic E-state index is 12.6. The first kappa shape index (κ1) is 45.1. The van der Waals surface area contributed by atoms with Crippen LogP contribution >= 0.6 is 0 Å². The highest BCUT2D eigenvalue weighted by Gasteiger charge is 2.19. The Morgan fingerprint density at radius 3 is 1.55 bits per heavy atom. The summed E-state index contributed by atoms with van der Waals surface area (Å²) in [7, 11) is 0. The van der Waals surface area contributed by atoms with Crippen molar-refractivity contribution >= 4 is 17.8 Å². The summed E-state index contributed by atoms with van der Waals surface area (Å²) in [5, 5.41) is 11.9. The Labute approximate surface area is 290 Å². The molecule has 2 unspecified atom stereocenters. The molecule has 47 heavy (non-hydrogen) atoms. The summed E-state index contributed by atoms with van der Waals surface area (Å²) in [5.74, 6) is -1.31. The van der Waals surface area contributed by atoms with E-state index in [2.05, 4.69) is 31.3 Å². The molecule has 2 atom stereocenters. The third kappa shape index (κ3) is 32.4. The Hall–Kier alpha value is -1.89. The lowest BCUT2D eigenvalue weighted by atomic mass is 10.0. The zero-order valence-corrected chi connectivity index (χ0v) is 30.9. The van der Waals surface area contributed by atoms with Crippen LogP contribution in [0.3, 0.4) is 0 Å². The minimum absolute atomic E-state index is 0.0448. The largest absolute Gasteiger partial charge is 0.480 e. The van der Waals surface area contributed by atoms with Crippen LogP contribution < -0.4 is 11.1 Å². The van der Waals surface area contributed by atoms with E-state index in [4.69, 9.17) is 10.5 Å². The topological polar surface area (TPSA) is 119 Å². The predicted octanol–water partition coefficient (Wildman–Crippen LogP) is 10.7. The van der Waals surface area contributed by atoms with Crippen molar-refractivity contribution < 1.29 is 24.2 Å². The fourth-order valence-electron chi connectivity index (χ4n) is 6.03. The first-order chi connectivity index (χ1) is 22.9. The second-order valence-corrected chi connectivity index (χ2v) is 13.7. The van der Waals surface area contributed by atoms with E-state index >= 15 is 0 Å². The number of carboxylic acids is 1. The molecule has 0 spiro atoms. The van der Waals surface area contributed by atoms with Gasteiger partial charge in [-0.3, -0.25) is 9.59 Å². The molecule has 0 saturated carbocycles. The number of aliphatic carboxylic acids is 1. The number of carbonyl (C=O) groups excluding carboxylic acids is 2. The fourth-order valence-corrected chi connectivity index (χ4v) is 6.03. The molecule has 0 aliphatic carbocycles. The van der Waals surface area contributed by atoms with Crippen LogP contribution in [0.4, 0.5) is 0 Å². The highest BCUT2D eigenvalue weighted by molar-refractivity contribution is 5.83. The summed E-state index contributed by atoms with van der Waals surface area (Å²) in [6.07, 6.45) is 37.1. The average molecular weight is 665 g/mol. The first-order valence-electron chi connectivity index (χ1n) is 20.0. The first-order valence-corrected chi connectivity index (χ1v) is 20.0. The van der Waals surface area contributed by atoms with Gasteiger partial charge >= 0.3 is 11.9 Å². The summed E-state index contributed by atoms with van der Waals surface area (Å²) in [6, 6.07) is -0.870. The average Bonchev–Trinajstić information content (AvgIpc) is 3.05. The number of unbranched alkanes of at least 4 members (excludes halogenated alkanes) is 20. The van der Waals surface area contributed by atoms with Gasteiger partial charge in [0.25, 0.3) is 0 Å². The predicted molar refractivity (Wildman–Crippen MR) is 197 cm³/mol. The zero-order chi connectivity index (χ0) is 34.6. The number of ether oxygens (including phenoxy) is 1. The van der Waals surface area contributed by atoms with E-state index in [-0.39, 0.29) is 18.0 Å². The van der Waals surface area contributed by atoms with Crippen LogP contribution in [0.5, 0.6) is 0 Å². The summed E-state index contributed by atoms with van der Waals surface area (Å²) < 4.78 is 5.91. The molecule has 0 rings (SSSR count). The number of hydrogen-bond donors (Lipinski definition) is 3. The van der Waals surface area contributed by atoms with Crippen molar-refractivity contribution in [3.8, 4) is 0 Å². The maximum Gasteiger partial charge on any atom is 0.326 e. The maximum atomic E-state index is 12.6. The molecule has 7 heteroatoms. The molecule has 1 amide bonds. The van der Waals surface area contributed by atoms with E-state index in [0.717, 1.165) is 51.4 Å². The summed E-state index contributed by atoms with van der Waals surface area (Å²) >= 11 is 0. The summed E-state index contributed by atoms with van der Waals surface area (Å²) in [4.78, 5) is 36.1. The third-order valence-electron chi connectivity index (χ3n) is 9.08. The molecule has 0 aliphatic rings. The Morgan fingerprint density at radius 2 is 1.04 bits per heavy atom. The number of nitrogens with one attached hydrogen (secondary N) is 1. The molecule has 0 aliphatic heterocycles. The van der Waals surface area contributed by atoms with E-state index < -0.39 is 12.0 Å². The standard InChI is InChI=1S/C40H76N2O5/c1-3-5-7-9-10-11-12-13-14-15-16-17-18-19-20-21-22-23-28-34-39(44)47-36(30-25-8-6-4-2)31-26-24-27-33-38(43)42-37(40(45)46)32-29-35-41/h13-14,36-37H,3-12,15-35,41H2,1-2H3,(H,42,43)(H,45,46)/b14-13-. The van der Waals surface area contributed by atoms with Crippen LogP contribution in [0.2, 0.25) is 0 Å². The Kier molecular flexibility index (Phi) is 34.0. The monoisotopic (exact) mass is 665 g/mol. The normalized spacial score (nSPS) is 12.7. The number of nitrogens with two attached hydrogens (primary N) is 1. The van der Waals surface area contributed by atoms with Crippen molar-refractivity contribution in [2.45, 2.75) is 219 Å². The van der Waals surface area contributed by atoms with E-state index in [1.807, 2.05) is 0 Å². The Morgan fingerprint density at radius 1 is 0.596 bits per heavy atom. The lowest BCUT2D eigenvalue weighted by Gasteiger charge is -2.18. The van der Waals surface area contributed by atoms with Gasteiger partial charge in [-0.05, 0) is 83.6 Å². The number of carbonyl (C=O) groups is 3. The van der Waals surface area contributed by atoms with Crippen LogP contribution in [0.25, 0.3) is 0 Å². The number of amides is 1. The minimum atomic E-state index is -1.02. The second-order valence-electron chi connectivity index (χ2n) is 13.7. The number of rotatable bonds is 36. The van der Waals surface area contributed by atoms with Crippen LogP contribution in [0, 0.1) is 0 Å². The number of hydrogen-bond acceptors (Lipinski definition) is 5. The molecule has 0 aromatic carbocycles. The highest BCUT2D eigenvalue weighted by atomic mass is 16.5. The van der Waals surface area contributed by atoms with E-state index in [1.54, 1.807) is 0 Å². The Bertz CT molecular complexity index is 757. The van der Waals surface area contributed by atoms with Gasteiger partial charge in [0.1, 0.15) is 12.1 Å². The van der Waals surface area contributed by atoms with Gasteiger partial charge in [-0.15, -0.1) is 0 Å². The number of esters is 1. The molecule has 0 aromatic heterocycles. The number of carboxylic acid groups (broad SMARTS) is 1. The van der Waals surface area contributed by atoms with Crippen LogP contribution in [-0.2, 0) is 19.1 Å². The molecular weight excluding hydrogens is 588 g/mol. The molecule has 0 radical (unpaired) electrons. The Balaban J connectivity index is 3.95. The van der Waals surface area contributed by atoms with Crippen molar-refractivity contribution in [2.24, 2.45) is 5.73 Å². The zero-order valence-electron chi connectivity index (χ0n) is 30.9. The lowest BCUT2D eigenvalue weighted by molar-refractivity contribution is -0.150. The van der Waals surface area contributed by atoms with Gasteiger partial charge in [0, 0.05) is 12.8 Å². The van der Waals surface area contributed by atoms with Crippen LogP contribution in [0.15, 0.2) is 12.2 Å². The molecule has 0 bridgehead atoms. The van der Waals surface area contributed by atoms with Crippen molar-refractivity contribution in [1.29, 1.82) is 0 Å². The van der Waals surface area contributed by atoms with Gasteiger partial charge < -0.3 is 20.9 Å². The highest BCUT2D eigenvalue weighted by Crippen LogP contribution is 2.18. The fraction of sp³-hybridized carbons (Fsp3) is 0.875. The lowest BCUT2D eigenvalue weighted by Crippen LogP contribution is -2.40. The minimum Gasteiger partial charge on any atom is -0.480 e. The molecule has 0 saturated heterocycles. The molecule has 0 fully saturated rings. The van der Waals surface area contributed by atoms with Gasteiger partial charge in [-0.1, -0.05) is 129 Å². The van der Waals surface area contributed by atoms with Crippen LogP contribution in [0.1, 0.15) is 206 Å². The molecule has 0 heterocycles. The van der Waals surface area contributed by atoms with E-state index in [0.29, 0.717) is 38.6 Å². The molecular formula is C40H76N2O5. The van der Waals surface area contributed by atoms with Gasteiger partial charge in [0.2, 0.25) is 5.91 Å². The SMILES string of the molecule is CCCCCCCC/C=C\CCCCCCCCCCCC(=O)OC(CCCCCC)CCCCCC(=O)NC(CCCN)C(=O)O. The summed E-state index contributed by atoms with van der Waals surface area (Å²) in [5.41, 5.74) is 5.47. The smallest absolute Gasteiger partial charge is 0.326 e. The van der Waals surface area contributed by atoms with Gasteiger partial charge in [-0.2, -0.15) is 0 Å². The quantitative estimate of drug-likeness (QED) is 0.0348. The van der Waals surface area contributed by atoms with Crippen molar-refractivity contribution in [1.82, 2.24) is 5.32 Å². The number of allylic oxidation sites excluding steroid dienone is 2. The van der Waals surface area contributed by atoms with E-state index in [9.17, 15) is 19.5 Å². The molecule has 7 nitrogen and oxygen atoms in total. The molecule has 0 aromatic rings. The third-order valence-corrected chi connectivity index (χ3v) is 9.08. The van der Waals surface area contributed by atoms with Crippen molar-refractivity contribution in [3.05, 3.63) is 12.2 Å². The molecule has 276 valence electrons. The van der Waals surface area contributed by atoms with Crippen molar-refractivity contribution in [3.63, 3.8) is 0 Å². The van der Waals surface area contributed by atoms with E-state index in [1.165, 1.54) is 109 Å². The van der Waals surface area contributed by atoms with Gasteiger partial charge in [0.15, 0.2) is 0 Å². The van der Waals surface area contributed by atoms with Gasteiger partial charge in [-0.25, -0.2) is 4.79 Å². The van der Waals surface area contributed by atoms with Gasteiger partial charge in [0.05, 0.1) is 0 Å². The van der Waals surface area contributed by atoms with Crippen LogP contribution in [-0.4, -0.2) is 41.6 Å². The van der Waals surface area contributed by atoms with Crippen molar-refractivity contribution in [2.75, 3.05) is 6.54 Å². The second kappa shape index (κ2) is 35.4.